The van der Waals surface area contributed by atoms with Crippen molar-refractivity contribution in [3.63, 3.8) is 0 Å². The van der Waals surface area contributed by atoms with Crippen molar-refractivity contribution in [1.82, 2.24) is 10.9 Å². The van der Waals surface area contributed by atoms with Gasteiger partial charge in [0.05, 0.1) is 24.3 Å². The van der Waals surface area contributed by atoms with Crippen LogP contribution >= 0.6 is 15.9 Å². The first kappa shape index (κ1) is 23.3. The van der Waals surface area contributed by atoms with E-state index in [2.05, 4.69) is 26.8 Å². The predicted octanol–water partition coefficient (Wildman–Crippen LogP) is 4.93. The molecule has 3 aromatic carbocycles. The molecule has 0 atom stereocenters. The molecular formula is C25H25BrN2O4. The SMILES string of the molecule is CCCOc1ccccc1C(=O)NNC(=O)c1cc(Br)ccc1OCCc1ccccc1. The van der Waals surface area contributed by atoms with Gasteiger partial charge in [0.1, 0.15) is 11.5 Å². The molecule has 3 rings (SSSR count). The number of para-hydroxylation sites is 1. The Balaban J connectivity index is 1.63. The number of ether oxygens (including phenoxy) is 2. The molecule has 32 heavy (non-hydrogen) atoms. The van der Waals surface area contributed by atoms with Crippen LogP contribution in [0, 0.1) is 0 Å². The van der Waals surface area contributed by atoms with Crippen molar-refractivity contribution in [1.29, 1.82) is 0 Å². The summed E-state index contributed by atoms with van der Waals surface area (Å²) in [5.41, 5.74) is 6.71. The van der Waals surface area contributed by atoms with E-state index >= 15 is 0 Å². The van der Waals surface area contributed by atoms with Crippen LogP contribution in [0.5, 0.6) is 11.5 Å². The van der Waals surface area contributed by atoms with Gasteiger partial charge in [-0.15, -0.1) is 0 Å². The zero-order valence-electron chi connectivity index (χ0n) is 17.8. The van der Waals surface area contributed by atoms with Crippen LogP contribution in [0.1, 0.15) is 39.6 Å². The zero-order chi connectivity index (χ0) is 22.8. The van der Waals surface area contributed by atoms with E-state index in [1.807, 2.05) is 37.3 Å². The van der Waals surface area contributed by atoms with Crippen LogP contribution < -0.4 is 20.3 Å². The molecule has 6 nitrogen and oxygen atoms in total. The lowest BCUT2D eigenvalue weighted by atomic mass is 10.1. The van der Waals surface area contributed by atoms with Gasteiger partial charge in [0, 0.05) is 10.9 Å². The highest BCUT2D eigenvalue weighted by molar-refractivity contribution is 9.10. The number of carbonyl (C=O) groups excluding carboxylic acids is 2. The second-order valence-electron chi connectivity index (χ2n) is 6.98. The smallest absolute Gasteiger partial charge is 0.273 e. The van der Waals surface area contributed by atoms with Crippen molar-refractivity contribution in [3.05, 3.63) is 94.0 Å². The molecule has 0 aliphatic carbocycles. The minimum atomic E-state index is -0.485. The van der Waals surface area contributed by atoms with Crippen LogP contribution in [0.3, 0.4) is 0 Å². The van der Waals surface area contributed by atoms with Gasteiger partial charge in [-0.3, -0.25) is 20.4 Å². The number of carbonyl (C=O) groups is 2. The third-order valence-electron chi connectivity index (χ3n) is 4.56. The second-order valence-corrected chi connectivity index (χ2v) is 7.89. The van der Waals surface area contributed by atoms with E-state index < -0.39 is 11.8 Å². The normalized spacial score (nSPS) is 10.3. The van der Waals surface area contributed by atoms with Crippen LogP contribution in [0.2, 0.25) is 0 Å². The summed E-state index contributed by atoms with van der Waals surface area (Å²) >= 11 is 3.38. The summed E-state index contributed by atoms with van der Waals surface area (Å²) in [6.45, 7) is 2.90. The Labute approximate surface area is 196 Å². The van der Waals surface area contributed by atoms with Crippen molar-refractivity contribution < 1.29 is 19.1 Å². The lowest BCUT2D eigenvalue weighted by Gasteiger charge is -2.14. The third-order valence-corrected chi connectivity index (χ3v) is 5.05. The highest BCUT2D eigenvalue weighted by Crippen LogP contribution is 2.24. The van der Waals surface area contributed by atoms with E-state index in [1.165, 1.54) is 0 Å². The molecule has 0 heterocycles. The molecule has 2 amide bonds. The molecule has 7 heteroatoms. The predicted molar refractivity (Wildman–Crippen MR) is 127 cm³/mol. The summed E-state index contributed by atoms with van der Waals surface area (Å²) in [5, 5.41) is 0. The quantitative estimate of drug-likeness (QED) is 0.411. The number of nitrogens with one attached hydrogen (secondary N) is 2. The van der Waals surface area contributed by atoms with E-state index in [4.69, 9.17) is 9.47 Å². The Morgan fingerprint density at radius 1 is 0.781 bits per heavy atom. The Kier molecular flexibility index (Phi) is 8.69. The Hall–Kier alpha value is -3.32. The van der Waals surface area contributed by atoms with Crippen molar-refractivity contribution in [2.24, 2.45) is 0 Å². The van der Waals surface area contributed by atoms with E-state index in [9.17, 15) is 9.59 Å². The molecule has 0 saturated heterocycles. The first-order valence-corrected chi connectivity index (χ1v) is 11.2. The monoisotopic (exact) mass is 496 g/mol. The summed E-state index contributed by atoms with van der Waals surface area (Å²) < 4.78 is 12.2. The van der Waals surface area contributed by atoms with Crippen molar-refractivity contribution in [2.45, 2.75) is 19.8 Å². The number of rotatable bonds is 9. The number of hydrogen-bond acceptors (Lipinski definition) is 4. The molecule has 2 N–H and O–H groups in total. The van der Waals surface area contributed by atoms with Crippen LogP contribution in [-0.2, 0) is 6.42 Å². The highest BCUT2D eigenvalue weighted by atomic mass is 79.9. The van der Waals surface area contributed by atoms with Crippen molar-refractivity contribution in [3.8, 4) is 11.5 Å². The fourth-order valence-corrected chi connectivity index (χ4v) is 3.33. The molecule has 0 bridgehead atoms. The maximum atomic E-state index is 12.8. The van der Waals surface area contributed by atoms with E-state index in [0.717, 1.165) is 16.5 Å². The van der Waals surface area contributed by atoms with E-state index in [0.29, 0.717) is 42.3 Å². The fourth-order valence-electron chi connectivity index (χ4n) is 2.97. The van der Waals surface area contributed by atoms with Crippen molar-refractivity contribution >= 4 is 27.7 Å². The second kappa shape index (κ2) is 11.9. The van der Waals surface area contributed by atoms with Crippen LogP contribution in [0.15, 0.2) is 77.3 Å². The summed E-state index contributed by atoms with van der Waals surface area (Å²) in [6, 6.07) is 22.0. The van der Waals surface area contributed by atoms with Crippen LogP contribution in [0.4, 0.5) is 0 Å². The van der Waals surface area contributed by atoms with Crippen LogP contribution in [0.25, 0.3) is 0 Å². The van der Waals surface area contributed by atoms with Gasteiger partial charge in [-0.1, -0.05) is 65.3 Å². The molecular weight excluding hydrogens is 472 g/mol. The highest BCUT2D eigenvalue weighted by Gasteiger charge is 2.17. The molecule has 0 aromatic heterocycles. The molecule has 166 valence electrons. The van der Waals surface area contributed by atoms with Gasteiger partial charge in [-0.05, 0) is 42.3 Å². The number of benzene rings is 3. The number of hydrogen-bond donors (Lipinski definition) is 2. The fraction of sp³-hybridized carbons (Fsp3) is 0.200. The number of amides is 2. The van der Waals surface area contributed by atoms with Gasteiger partial charge in [-0.2, -0.15) is 0 Å². The summed E-state index contributed by atoms with van der Waals surface area (Å²) in [6.07, 6.45) is 1.53. The Morgan fingerprint density at radius 2 is 1.41 bits per heavy atom. The largest absolute Gasteiger partial charge is 0.493 e. The van der Waals surface area contributed by atoms with Gasteiger partial charge < -0.3 is 9.47 Å². The van der Waals surface area contributed by atoms with Gasteiger partial charge in [-0.25, -0.2) is 0 Å². The lowest BCUT2D eigenvalue weighted by molar-refractivity contribution is 0.0842. The lowest BCUT2D eigenvalue weighted by Crippen LogP contribution is -2.42. The molecule has 0 saturated carbocycles. The van der Waals surface area contributed by atoms with Gasteiger partial charge in [0.25, 0.3) is 11.8 Å². The number of hydrazine groups is 1. The minimum Gasteiger partial charge on any atom is -0.493 e. The molecule has 3 aromatic rings. The summed E-state index contributed by atoms with van der Waals surface area (Å²) in [7, 11) is 0. The average molecular weight is 497 g/mol. The first-order valence-electron chi connectivity index (χ1n) is 10.4. The van der Waals surface area contributed by atoms with E-state index in [1.54, 1.807) is 42.5 Å². The number of halogens is 1. The maximum Gasteiger partial charge on any atom is 0.273 e. The minimum absolute atomic E-state index is 0.309. The van der Waals surface area contributed by atoms with Gasteiger partial charge in [0.15, 0.2) is 0 Å². The maximum absolute atomic E-state index is 12.8. The van der Waals surface area contributed by atoms with Crippen LogP contribution in [-0.4, -0.2) is 25.0 Å². The first-order chi connectivity index (χ1) is 15.6. The standard InChI is InChI=1S/C25H25BrN2O4/c1-2-15-31-22-11-7-6-10-20(22)24(29)27-28-25(30)21-17-19(26)12-13-23(21)32-16-14-18-8-4-3-5-9-18/h3-13,17H,2,14-16H2,1H3,(H,27,29)(H,28,30). The third kappa shape index (κ3) is 6.59. The summed E-state index contributed by atoms with van der Waals surface area (Å²) in [5.74, 6) is -0.0519. The molecule has 0 unspecified atom stereocenters. The molecule has 0 radical (unpaired) electrons. The molecule has 0 aliphatic heterocycles. The molecule has 0 fully saturated rings. The summed E-state index contributed by atoms with van der Waals surface area (Å²) in [4.78, 5) is 25.4. The van der Waals surface area contributed by atoms with Crippen molar-refractivity contribution in [2.75, 3.05) is 13.2 Å². The molecule has 0 spiro atoms. The average Bonchev–Trinajstić information content (AvgIpc) is 2.82. The zero-order valence-corrected chi connectivity index (χ0v) is 19.4. The van der Waals surface area contributed by atoms with Gasteiger partial charge >= 0.3 is 0 Å². The van der Waals surface area contributed by atoms with E-state index in [-0.39, 0.29) is 0 Å². The molecule has 0 aliphatic rings. The topological polar surface area (TPSA) is 76.7 Å². The Bertz CT molecular complexity index is 1060. The van der Waals surface area contributed by atoms with Gasteiger partial charge in [0.2, 0.25) is 0 Å². The Morgan fingerprint density at radius 3 is 2.16 bits per heavy atom.